The van der Waals surface area contributed by atoms with Gasteiger partial charge in [0.15, 0.2) is 0 Å². The molecule has 0 aliphatic carbocycles. The normalized spacial score (nSPS) is 9.75. The van der Waals surface area contributed by atoms with E-state index < -0.39 is 0 Å². The number of H-pyrrole nitrogens is 1. The van der Waals surface area contributed by atoms with E-state index in [0.29, 0.717) is 0 Å². The topological polar surface area (TPSA) is 28.7 Å². The van der Waals surface area contributed by atoms with Crippen LogP contribution in [0.15, 0.2) is 6.33 Å². The van der Waals surface area contributed by atoms with Crippen molar-refractivity contribution >= 4 is 22.6 Å². The van der Waals surface area contributed by atoms with Crippen LogP contribution in [0.4, 0.5) is 0 Å². The zero-order valence-electron chi connectivity index (χ0n) is 4.61. The van der Waals surface area contributed by atoms with Crippen LogP contribution in [0.25, 0.3) is 0 Å². The fourth-order valence-corrected chi connectivity index (χ4v) is 1.29. The second-order valence-electron chi connectivity index (χ2n) is 1.61. The third-order valence-corrected chi connectivity index (χ3v) is 1.78. The van der Waals surface area contributed by atoms with Crippen LogP contribution >= 0.6 is 22.6 Å². The largest absolute Gasteiger partial charge is 0.348 e. The standard InChI is InChI=1S/C5H7IN2/c1-4-5(2-6)8-3-7-4/h3H,2H2,1H3,(H,7,8). The van der Waals surface area contributed by atoms with Crippen LogP contribution in [0, 0.1) is 6.92 Å². The van der Waals surface area contributed by atoms with Crippen molar-refractivity contribution in [2.75, 3.05) is 0 Å². The second-order valence-corrected chi connectivity index (χ2v) is 2.37. The minimum absolute atomic E-state index is 0.993. The van der Waals surface area contributed by atoms with Crippen LogP contribution < -0.4 is 0 Å². The fraction of sp³-hybridized carbons (Fsp3) is 0.400. The minimum Gasteiger partial charge on any atom is -0.348 e. The first-order valence-corrected chi connectivity index (χ1v) is 3.92. The van der Waals surface area contributed by atoms with Gasteiger partial charge in [0.1, 0.15) is 0 Å². The van der Waals surface area contributed by atoms with E-state index >= 15 is 0 Å². The van der Waals surface area contributed by atoms with Crippen molar-refractivity contribution in [1.82, 2.24) is 9.97 Å². The van der Waals surface area contributed by atoms with Crippen LogP contribution in [0.3, 0.4) is 0 Å². The van der Waals surface area contributed by atoms with Crippen molar-refractivity contribution in [1.29, 1.82) is 0 Å². The van der Waals surface area contributed by atoms with Crippen molar-refractivity contribution < 1.29 is 0 Å². The van der Waals surface area contributed by atoms with Gasteiger partial charge in [-0.2, -0.15) is 0 Å². The van der Waals surface area contributed by atoms with Crippen LogP contribution in [-0.4, -0.2) is 9.97 Å². The molecule has 1 heterocycles. The van der Waals surface area contributed by atoms with Gasteiger partial charge >= 0.3 is 0 Å². The zero-order valence-corrected chi connectivity index (χ0v) is 6.77. The highest BCUT2D eigenvalue weighted by Crippen LogP contribution is 2.04. The van der Waals surface area contributed by atoms with E-state index in [1.54, 1.807) is 6.33 Å². The molecule has 0 atom stereocenters. The lowest BCUT2D eigenvalue weighted by molar-refractivity contribution is 1.21. The predicted molar refractivity (Wildman–Crippen MR) is 41.0 cm³/mol. The van der Waals surface area contributed by atoms with Crippen molar-refractivity contribution in [3.05, 3.63) is 17.7 Å². The third kappa shape index (κ3) is 1.02. The molecule has 1 rings (SSSR count). The summed E-state index contributed by atoms with van der Waals surface area (Å²) >= 11 is 2.29. The van der Waals surface area contributed by atoms with Crippen LogP contribution in [0.1, 0.15) is 11.4 Å². The molecule has 1 N–H and O–H groups in total. The molecular weight excluding hydrogens is 215 g/mol. The second kappa shape index (κ2) is 2.48. The summed E-state index contributed by atoms with van der Waals surface area (Å²) in [5, 5.41) is 0. The average molecular weight is 222 g/mol. The summed E-state index contributed by atoms with van der Waals surface area (Å²) in [6, 6.07) is 0. The molecule has 2 nitrogen and oxygen atoms in total. The molecule has 0 aliphatic rings. The summed E-state index contributed by atoms with van der Waals surface area (Å²) in [4.78, 5) is 7.07. The first-order valence-electron chi connectivity index (χ1n) is 2.39. The highest BCUT2D eigenvalue weighted by molar-refractivity contribution is 14.1. The van der Waals surface area contributed by atoms with Gasteiger partial charge in [-0.3, -0.25) is 0 Å². The van der Waals surface area contributed by atoms with Gasteiger partial charge in [0.05, 0.1) is 12.0 Å². The van der Waals surface area contributed by atoms with Crippen LogP contribution in [0.2, 0.25) is 0 Å². The molecule has 0 radical (unpaired) electrons. The molecule has 44 valence electrons. The first-order chi connectivity index (χ1) is 3.84. The molecule has 0 fully saturated rings. The molecule has 0 aromatic carbocycles. The molecule has 3 heteroatoms. The number of nitrogens with zero attached hydrogens (tertiary/aromatic N) is 1. The maximum Gasteiger partial charge on any atom is 0.0925 e. The maximum atomic E-state index is 4.07. The van der Waals surface area contributed by atoms with E-state index in [1.165, 1.54) is 5.69 Å². The van der Waals surface area contributed by atoms with Gasteiger partial charge in [0.2, 0.25) is 0 Å². The minimum atomic E-state index is 0.993. The van der Waals surface area contributed by atoms with Gasteiger partial charge in [0.25, 0.3) is 0 Å². The lowest BCUT2D eigenvalue weighted by atomic mass is 10.4. The van der Waals surface area contributed by atoms with Crippen molar-refractivity contribution in [3.63, 3.8) is 0 Å². The number of alkyl halides is 1. The Hall–Kier alpha value is -0.0600. The maximum absolute atomic E-state index is 4.07. The van der Waals surface area contributed by atoms with Gasteiger partial charge in [-0.25, -0.2) is 4.98 Å². The number of hydrogen-bond donors (Lipinski definition) is 1. The SMILES string of the molecule is Cc1[nH]cnc1CI. The van der Waals surface area contributed by atoms with E-state index in [-0.39, 0.29) is 0 Å². The molecule has 1 aromatic heterocycles. The number of hydrogen-bond acceptors (Lipinski definition) is 1. The van der Waals surface area contributed by atoms with Gasteiger partial charge in [-0.05, 0) is 6.92 Å². The van der Waals surface area contributed by atoms with Crippen molar-refractivity contribution in [2.45, 2.75) is 11.4 Å². The molecule has 0 spiro atoms. The number of rotatable bonds is 1. The predicted octanol–water partition coefficient (Wildman–Crippen LogP) is 1.65. The van der Waals surface area contributed by atoms with Crippen molar-refractivity contribution in [3.8, 4) is 0 Å². The Kier molecular flexibility index (Phi) is 1.88. The van der Waals surface area contributed by atoms with Gasteiger partial charge in [0, 0.05) is 10.1 Å². The number of aryl methyl sites for hydroxylation is 1. The smallest absolute Gasteiger partial charge is 0.0925 e. The van der Waals surface area contributed by atoms with Gasteiger partial charge in [-0.1, -0.05) is 22.6 Å². The molecule has 0 amide bonds. The van der Waals surface area contributed by atoms with Gasteiger partial charge in [-0.15, -0.1) is 0 Å². The Morgan fingerprint density at radius 1 is 1.88 bits per heavy atom. The molecule has 0 saturated heterocycles. The molecule has 0 aliphatic heterocycles. The number of halogens is 1. The first kappa shape index (κ1) is 6.07. The zero-order chi connectivity index (χ0) is 5.98. The average Bonchev–Trinajstić information content (AvgIpc) is 2.14. The number of aromatic nitrogens is 2. The van der Waals surface area contributed by atoms with Crippen LogP contribution in [0.5, 0.6) is 0 Å². The third-order valence-electron chi connectivity index (χ3n) is 1.06. The Morgan fingerprint density at radius 3 is 2.88 bits per heavy atom. The molecular formula is C5H7IN2. The highest BCUT2D eigenvalue weighted by Gasteiger charge is 1.94. The van der Waals surface area contributed by atoms with E-state index in [2.05, 4.69) is 32.6 Å². The molecule has 1 aromatic rings. The fourth-order valence-electron chi connectivity index (χ4n) is 0.522. The van der Waals surface area contributed by atoms with Crippen LogP contribution in [-0.2, 0) is 4.43 Å². The number of imidazole rings is 1. The summed E-state index contributed by atoms with van der Waals surface area (Å²) in [6.07, 6.45) is 1.73. The Morgan fingerprint density at radius 2 is 2.62 bits per heavy atom. The van der Waals surface area contributed by atoms with Crippen molar-refractivity contribution in [2.24, 2.45) is 0 Å². The summed E-state index contributed by atoms with van der Waals surface area (Å²) in [6.45, 7) is 2.03. The highest BCUT2D eigenvalue weighted by atomic mass is 127. The van der Waals surface area contributed by atoms with E-state index in [9.17, 15) is 0 Å². The Bertz CT molecular complexity index is 171. The summed E-state index contributed by atoms with van der Waals surface area (Å²) in [5.41, 5.74) is 2.34. The number of aromatic amines is 1. The quantitative estimate of drug-likeness (QED) is 0.568. The van der Waals surface area contributed by atoms with E-state index in [4.69, 9.17) is 0 Å². The lowest BCUT2D eigenvalue weighted by Crippen LogP contribution is -1.78. The lowest BCUT2D eigenvalue weighted by Gasteiger charge is -1.85. The monoisotopic (exact) mass is 222 g/mol. The summed E-state index contributed by atoms with van der Waals surface area (Å²) < 4.78 is 0.993. The summed E-state index contributed by atoms with van der Waals surface area (Å²) in [7, 11) is 0. The Balaban J connectivity index is 2.92. The molecule has 0 unspecified atom stereocenters. The summed E-state index contributed by atoms with van der Waals surface area (Å²) in [5.74, 6) is 0. The molecule has 0 saturated carbocycles. The molecule has 0 bridgehead atoms. The molecule has 8 heavy (non-hydrogen) atoms. The van der Waals surface area contributed by atoms with E-state index in [1.807, 2.05) is 6.92 Å². The Labute approximate surface area is 61.9 Å². The number of nitrogens with one attached hydrogen (secondary N) is 1. The van der Waals surface area contributed by atoms with Gasteiger partial charge < -0.3 is 4.98 Å². The van der Waals surface area contributed by atoms with E-state index in [0.717, 1.165) is 10.1 Å².